The first-order valence-corrected chi connectivity index (χ1v) is 12.0. The average Bonchev–Trinajstić information content (AvgIpc) is 3.37. The van der Waals surface area contributed by atoms with E-state index in [9.17, 15) is 18.0 Å². The van der Waals surface area contributed by atoms with Crippen molar-refractivity contribution >= 4 is 44.3 Å². The van der Waals surface area contributed by atoms with Crippen LogP contribution < -0.4 is 15.6 Å². The lowest BCUT2D eigenvalue weighted by Gasteiger charge is -2.11. The van der Waals surface area contributed by atoms with Crippen molar-refractivity contribution < 1.29 is 22.4 Å². The van der Waals surface area contributed by atoms with Crippen molar-refractivity contribution in [2.45, 2.75) is 11.3 Å². The van der Waals surface area contributed by atoms with Crippen molar-refractivity contribution in [1.29, 1.82) is 0 Å². The molecule has 2 aromatic heterocycles. The highest BCUT2D eigenvalue weighted by atomic mass is 35.5. The maximum atomic E-state index is 12.8. The molecule has 174 valence electrons. The quantitative estimate of drug-likeness (QED) is 0.335. The molecule has 2 amide bonds. The third-order valence-corrected chi connectivity index (χ3v) is 6.49. The van der Waals surface area contributed by atoms with Crippen molar-refractivity contribution in [2.24, 2.45) is 0 Å². The standard InChI is InChI=1S/C23H19ClN4O5S/c24-15-5-3-6-16(13-15)34(31,32)25-11-10-22(29)27-28-23(30)18-14-20(21-9-4-12-33-21)26-19-8-2-1-7-17(18)19/h1-9,12-14,25H,10-11H2,(H,27,29)(H,28,30). The van der Waals surface area contributed by atoms with Gasteiger partial charge in [0.15, 0.2) is 5.76 Å². The Morgan fingerprint density at radius 3 is 2.56 bits per heavy atom. The van der Waals surface area contributed by atoms with Crippen LogP contribution in [0.5, 0.6) is 0 Å². The van der Waals surface area contributed by atoms with E-state index >= 15 is 0 Å². The second-order valence-electron chi connectivity index (χ2n) is 7.16. The molecule has 0 radical (unpaired) electrons. The van der Waals surface area contributed by atoms with E-state index < -0.39 is 21.8 Å². The van der Waals surface area contributed by atoms with Gasteiger partial charge in [-0.2, -0.15) is 0 Å². The number of carbonyl (C=O) groups excluding carboxylic acids is 2. The number of para-hydroxylation sites is 1. The summed E-state index contributed by atoms with van der Waals surface area (Å²) in [7, 11) is -3.82. The molecule has 9 nitrogen and oxygen atoms in total. The number of hydrazine groups is 1. The number of benzene rings is 2. The van der Waals surface area contributed by atoms with E-state index in [1.165, 1.54) is 24.5 Å². The molecule has 0 saturated heterocycles. The molecule has 11 heteroatoms. The number of aromatic nitrogens is 1. The first-order chi connectivity index (χ1) is 16.3. The molecular formula is C23H19ClN4O5S. The van der Waals surface area contributed by atoms with Crippen LogP contribution >= 0.6 is 11.6 Å². The monoisotopic (exact) mass is 498 g/mol. The number of sulfonamides is 1. The molecule has 34 heavy (non-hydrogen) atoms. The Balaban J connectivity index is 1.38. The number of nitrogens with zero attached hydrogens (tertiary/aromatic N) is 1. The van der Waals surface area contributed by atoms with Crippen LogP contribution in [-0.2, 0) is 14.8 Å². The number of fused-ring (bicyclic) bond motifs is 1. The van der Waals surface area contributed by atoms with Crippen LogP contribution in [0.2, 0.25) is 5.02 Å². The number of hydrogen-bond acceptors (Lipinski definition) is 6. The Morgan fingerprint density at radius 1 is 0.971 bits per heavy atom. The molecule has 2 aromatic carbocycles. The summed E-state index contributed by atoms with van der Waals surface area (Å²) in [5.41, 5.74) is 6.00. The summed E-state index contributed by atoms with van der Waals surface area (Å²) >= 11 is 5.83. The highest BCUT2D eigenvalue weighted by Crippen LogP contribution is 2.25. The maximum Gasteiger partial charge on any atom is 0.270 e. The molecule has 0 aliphatic carbocycles. The minimum absolute atomic E-state index is 0.00867. The second kappa shape index (κ2) is 10.0. The van der Waals surface area contributed by atoms with Gasteiger partial charge in [-0.25, -0.2) is 18.1 Å². The number of pyridine rings is 1. The highest BCUT2D eigenvalue weighted by molar-refractivity contribution is 7.89. The van der Waals surface area contributed by atoms with Gasteiger partial charge in [-0.1, -0.05) is 35.9 Å². The van der Waals surface area contributed by atoms with E-state index in [1.54, 1.807) is 48.5 Å². The first-order valence-electron chi connectivity index (χ1n) is 10.1. The minimum Gasteiger partial charge on any atom is -0.463 e. The fourth-order valence-corrected chi connectivity index (χ4v) is 4.52. The van der Waals surface area contributed by atoms with Crippen molar-refractivity contribution in [3.05, 3.63) is 83.6 Å². The summed E-state index contributed by atoms with van der Waals surface area (Å²) in [5, 5.41) is 0.876. The molecule has 4 rings (SSSR count). The number of halogens is 1. The third kappa shape index (κ3) is 5.42. The lowest BCUT2D eigenvalue weighted by Crippen LogP contribution is -2.42. The van der Waals surface area contributed by atoms with E-state index in [-0.39, 0.29) is 22.9 Å². The van der Waals surface area contributed by atoms with Gasteiger partial charge in [0.2, 0.25) is 15.9 Å². The second-order valence-corrected chi connectivity index (χ2v) is 9.36. The molecule has 0 spiro atoms. The lowest BCUT2D eigenvalue weighted by atomic mass is 10.1. The zero-order valence-corrected chi connectivity index (χ0v) is 19.2. The van der Waals surface area contributed by atoms with Crippen molar-refractivity contribution in [3.63, 3.8) is 0 Å². The molecule has 0 saturated carbocycles. The normalized spacial score (nSPS) is 11.3. The summed E-state index contributed by atoms with van der Waals surface area (Å²) in [6.45, 7) is -0.169. The number of amides is 2. The molecule has 0 aliphatic rings. The topological polar surface area (TPSA) is 130 Å². The van der Waals surface area contributed by atoms with Gasteiger partial charge in [-0.3, -0.25) is 20.4 Å². The lowest BCUT2D eigenvalue weighted by molar-refractivity contribution is -0.121. The third-order valence-electron chi connectivity index (χ3n) is 4.80. The number of furan rings is 1. The molecule has 0 bridgehead atoms. The smallest absolute Gasteiger partial charge is 0.270 e. The van der Waals surface area contributed by atoms with Crippen LogP contribution in [0.3, 0.4) is 0 Å². The van der Waals surface area contributed by atoms with E-state index in [2.05, 4.69) is 20.6 Å². The van der Waals surface area contributed by atoms with Gasteiger partial charge in [0.05, 0.1) is 22.2 Å². The van der Waals surface area contributed by atoms with Gasteiger partial charge in [-0.15, -0.1) is 0 Å². The number of carbonyl (C=O) groups is 2. The maximum absolute atomic E-state index is 12.8. The number of rotatable bonds is 7. The van der Waals surface area contributed by atoms with Gasteiger partial charge in [0.1, 0.15) is 5.69 Å². The Labute approximate surface area is 200 Å². The largest absolute Gasteiger partial charge is 0.463 e. The highest BCUT2D eigenvalue weighted by Gasteiger charge is 2.17. The van der Waals surface area contributed by atoms with E-state index in [4.69, 9.17) is 16.0 Å². The van der Waals surface area contributed by atoms with Gasteiger partial charge in [-0.05, 0) is 42.5 Å². The molecule has 0 aliphatic heterocycles. The van der Waals surface area contributed by atoms with Gasteiger partial charge >= 0.3 is 0 Å². The molecular weight excluding hydrogens is 480 g/mol. The van der Waals surface area contributed by atoms with Crippen LogP contribution in [0.15, 0.2) is 82.3 Å². The van der Waals surface area contributed by atoms with Gasteiger partial charge in [0.25, 0.3) is 5.91 Å². The summed E-state index contributed by atoms with van der Waals surface area (Å²) in [6.07, 6.45) is 1.31. The van der Waals surface area contributed by atoms with Gasteiger partial charge < -0.3 is 4.42 Å². The Kier molecular flexibility index (Phi) is 6.92. The Bertz CT molecular complexity index is 1460. The molecule has 0 atom stereocenters. The van der Waals surface area contributed by atoms with Crippen LogP contribution in [0.25, 0.3) is 22.4 Å². The minimum atomic E-state index is -3.82. The summed E-state index contributed by atoms with van der Waals surface area (Å²) < 4.78 is 32.3. The summed E-state index contributed by atoms with van der Waals surface area (Å²) in [4.78, 5) is 29.5. The van der Waals surface area contributed by atoms with Crippen molar-refractivity contribution in [1.82, 2.24) is 20.6 Å². The van der Waals surface area contributed by atoms with E-state index in [0.717, 1.165) is 0 Å². The first kappa shape index (κ1) is 23.4. The van der Waals surface area contributed by atoms with Gasteiger partial charge in [0, 0.05) is 23.4 Å². The molecule has 3 N–H and O–H groups in total. The predicted octanol–water partition coefficient (Wildman–Crippen LogP) is 3.28. The summed E-state index contributed by atoms with van der Waals surface area (Å²) in [5.74, 6) is -0.637. The fourth-order valence-electron chi connectivity index (χ4n) is 3.19. The number of hydrogen-bond donors (Lipinski definition) is 3. The molecule has 0 unspecified atom stereocenters. The number of nitrogens with one attached hydrogen (secondary N) is 3. The van der Waals surface area contributed by atoms with Crippen molar-refractivity contribution in [2.75, 3.05) is 6.54 Å². The van der Waals surface area contributed by atoms with Crippen LogP contribution in [0, 0.1) is 0 Å². The molecule has 0 fully saturated rings. The van der Waals surface area contributed by atoms with Crippen LogP contribution in [0.4, 0.5) is 0 Å². The zero-order valence-electron chi connectivity index (χ0n) is 17.6. The van der Waals surface area contributed by atoms with E-state index in [0.29, 0.717) is 27.9 Å². The molecule has 2 heterocycles. The SMILES string of the molecule is O=C(CCNS(=O)(=O)c1cccc(Cl)c1)NNC(=O)c1cc(-c2ccco2)nc2ccccc12. The summed E-state index contributed by atoms with van der Waals surface area (Å²) in [6, 6.07) is 17.9. The van der Waals surface area contributed by atoms with E-state index in [1.807, 2.05) is 0 Å². The Hall–Kier alpha value is -3.73. The van der Waals surface area contributed by atoms with Crippen LogP contribution in [0.1, 0.15) is 16.8 Å². The Morgan fingerprint density at radius 2 is 1.79 bits per heavy atom. The van der Waals surface area contributed by atoms with Crippen LogP contribution in [-0.4, -0.2) is 31.8 Å². The van der Waals surface area contributed by atoms with Crippen molar-refractivity contribution in [3.8, 4) is 11.5 Å². The average molecular weight is 499 g/mol. The molecule has 4 aromatic rings. The fraction of sp³-hybridized carbons (Fsp3) is 0.0870. The zero-order chi connectivity index (χ0) is 24.1. The predicted molar refractivity (Wildman–Crippen MR) is 126 cm³/mol.